The molecule has 3 rings (SSSR count). The number of benzene rings is 2. The van der Waals surface area contributed by atoms with E-state index in [1.165, 1.54) is 0 Å². The number of hydrogen-bond donors (Lipinski definition) is 2. The van der Waals surface area contributed by atoms with Crippen LogP contribution >= 0.6 is 0 Å². The Balaban J connectivity index is 1.84. The molecule has 7 heteroatoms. The summed E-state index contributed by atoms with van der Waals surface area (Å²) < 4.78 is 16.3. The van der Waals surface area contributed by atoms with Gasteiger partial charge in [0.1, 0.15) is 18.1 Å². The van der Waals surface area contributed by atoms with E-state index in [0.29, 0.717) is 29.2 Å². The molecule has 0 bridgehead atoms. The van der Waals surface area contributed by atoms with Crippen LogP contribution in [0.4, 0.5) is 4.79 Å². The van der Waals surface area contributed by atoms with Crippen molar-refractivity contribution in [1.29, 1.82) is 0 Å². The smallest absolute Gasteiger partial charge is 0.338 e. The summed E-state index contributed by atoms with van der Waals surface area (Å²) in [4.78, 5) is 25.0. The molecule has 29 heavy (non-hydrogen) atoms. The molecule has 1 atom stereocenters. The highest BCUT2D eigenvalue weighted by Gasteiger charge is 2.33. The predicted molar refractivity (Wildman–Crippen MR) is 108 cm³/mol. The van der Waals surface area contributed by atoms with E-state index in [1.54, 1.807) is 26.2 Å². The highest BCUT2D eigenvalue weighted by atomic mass is 16.5. The van der Waals surface area contributed by atoms with Crippen LogP contribution in [0.1, 0.15) is 31.0 Å². The van der Waals surface area contributed by atoms with Gasteiger partial charge in [0, 0.05) is 11.3 Å². The fourth-order valence-corrected chi connectivity index (χ4v) is 3.15. The molecule has 0 radical (unpaired) electrons. The Morgan fingerprint density at radius 1 is 1.10 bits per heavy atom. The van der Waals surface area contributed by atoms with Gasteiger partial charge >= 0.3 is 12.0 Å². The molecule has 0 unspecified atom stereocenters. The number of hydrogen-bond acceptors (Lipinski definition) is 5. The first-order valence-corrected chi connectivity index (χ1v) is 9.33. The highest BCUT2D eigenvalue weighted by molar-refractivity contribution is 5.95. The molecular weight excluding hydrogens is 372 g/mol. The minimum atomic E-state index is -0.671. The van der Waals surface area contributed by atoms with Crippen LogP contribution in [-0.2, 0) is 16.1 Å². The van der Waals surface area contributed by atoms with Gasteiger partial charge < -0.3 is 24.8 Å². The number of esters is 1. The molecule has 0 saturated heterocycles. The summed E-state index contributed by atoms with van der Waals surface area (Å²) in [7, 11) is 1.59. The lowest BCUT2D eigenvalue weighted by Gasteiger charge is -2.29. The van der Waals surface area contributed by atoms with E-state index >= 15 is 0 Å². The third-order valence-electron chi connectivity index (χ3n) is 4.55. The minimum Gasteiger partial charge on any atom is -0.497 e. The predicted octanol–water partition coefficient (Wildman–Crippen LogP) is 3.47. The van der Waals surface area contributed by atoms with Gasteiger partial charge in [-0.15, -0.1) is 0 Å². The van der Waals surface area contributed by atoms with Crippen molar-refractivity contribution in [3.05, 3.63) is 70.9 Å². The van der Waals surface area contributed by atoms with E-state index in [9.17, 15) is 9.59 Å². The molecule has 1 aliphatic heterocycles. The maximum absolute atomic E-state index is 12.9. The number of rotatable bonds is 7. The minimum absolute atomic E-state index is 0.105. The summed E-state index contributed by atoms with van der Waals surface area (Å²) in [5, 5.41) is 5.45. The average molecular weight is 396 g/mol. The molecule has 152 valence electrons. The fourth-order valence-electron chi connectivity index (χ4n) is 3.15. The monoisotopic (exact) mass is 396 g/mol. The molecule has 0 aliphatic carbocycles. The Hall–Kier alpha value is -3.48. The first-order chi connectivity index (χ1) is 14.0. The van der Waals surface area contributed by atoms with E-state index in [-0.39, 0.29) is 12.6 Å². The zero-order chi connectivity index (χ0) is 20.8. The van der Waals surface area contributed by atoms with Crippen LogP contribution in [0, 0.1) is 0 Å². The number of carbonyl (C=O) groups is 2. The van der Waals surface area contributed by atoms with E-state index in [0.717, 1.165) is 11.3 Å². The van der Waals surface area contributed by atoms with Gasteiger partial charge in [-0.1, -0.05) is 30.3 Å². The lowest BCUT2D eigenvalue weighted by Crippen LogP contribution is -2.45. The lowest BCUT2D eigenvalue weighted by atomic mass is 9.95. The Morgan fingerprint density at radius 2 is 1.83 bits per heavy atom. The molecule has 0 spiro atoms. The average Bonchev–Trinajstić information content (AvgIpc) is 2.72. The van der Waals surface area contributed by atoms with Crippen LogP contribution in [0.25, 0.3) is 0 Å². The second-order valence-corrected chi connectivity index (χ2v) is 6.47. The molecule has 2 aromatic rings. The molecule has 0 aromatic heterocycles. The Bertz CT molecular complexity index is 921. The third kappa shape index (κ3) is 4.68. The third-order valence-corrected chi connectivity index (χ3v) is 4.55. The van der Waals surface area contributed by atoms with Gasteiger partial charge in [-0.2, -0.15) is 0 Å². The first kappa shape index (κ1) is 20.3. The number of para-hydroxylation sites is 1. The van der Waals surface area contributed by atoms with Crippen molar-refractivity contribution in [2.45, 2.75) is 26.5 Å². The van der Waals surface area contributed by atoms with E-state index in [1.807, 2.05) is 43.3 Å². The maximum atomic E-state index is 12.9. The van der Waals surface area contributed by atoms with Gasteiger partial charge in [0.05, 0.1) is 25.3 Å². The highest BCUT2D eigenvalue weighted by Crippen LogP contribution is 2.33. The van der Waals surface area contributed by atoms with Crippen LogP contribution in [0.3, 0.4) is 0 Å². The van der Waals surface area contributed by atoms with Crippen LogP contribution in [0.15, 0.2) is 59.8 Å². The summed E-state index contributed by atoms with van der Waals surface area (Å²) in [6.07, 6.45) is 0. The Morgan fingerprint density at radius 3 is 2.52 bits per heavy atom. The summed E-state index contributed by atoms with van der Waals surface area (Å²) in [5.41, 5.74) is 2.31. The second kappa shape index (κ2) is 9.14. The van der Waals surface area contributed by atoms with E-state index in [4.69, 9.17) is 14.2 Å². The van der Waals surface area contributed by atoms with Gasteiger partial charge in [0.2, 0.25) is 0 Å². The fraction of sp³-hybridized carbons (Fsp3) is 0.273. The van der Waals surface area contributed by atoms with E-state index < -0.39 is 12.0 Å². The van der Waals surface area contributed by atoms with Crippen molar-refractivity contribution in [1.82, 2.24) is 10.6 Å². The molecule has 2 N–H and O–H groups in total. The van der Waals surface area contributed by atoms with Crippen molar-refractivity contribution < 1.29 is 23.8 Å². The van der Waals surface area contributed by atoms with Gasteiger partial charge in [-0.05, 0) is 37.6 Å². The standard InChI is InChI=1S/C22H24N2O5/c1-4-28-18-8-6-5-7-17(18)20-19(14(2)23-22(26)24-20)21(25)29-13-15-9-11-16(27-3)12-10-15/h5-12,20H,4,13H2,1-3H3,(H2,23,24,26)/t20-/m1/s1. The number of urea groups is 1. The Kier molecular flexibility index (Phi) is 6.39. The summed E-state index contributed by atoms with van der Waals surface area (Å²) >= 11 is 0. The number of ether oxygens (including phenoxy) is 3. The molecular formula is C22H24N2O5. The van der Waals surface area contributed by atoms with E-state index in [2.05, 4.69) is 10.6 Å². The SMILES string of the molecule is CCOc1ccccc1[C@H]1NC(=O)NC(C)=C1C(=O)OCc1ccc(OC)cc1. The van der Waals surface area contributed by atoms with Crippen molar-refractivity contribution in [2.24, 2.45) is 0 Å². The van der Waals surface area contributed by atoms with Gasteiger partial charge in [0.25, 0.3) is 0 Å². The largest absolute Gasteiger partial charge is 0.497 e. The zero-order valence-corrected chi connectivity index (χ0v) is 16.7. The normalized spacial score (nSPS) is 16.0. The molecule has 2 aromatic carbocycles. The molecule has 0 fully saturated rings. The number of allylic oxidation sites excluding steroid dienone is 1. The summed E-state index contributed by atoms with van der Waals surface area (Å²) in [6.45, 7) is 4.13. The van der Waals surface area contributed by atoms with Crippen LogP contribution in [0.5, 0.6) is 11.5 Å². The summed E-state index contributed by atoms with van der Waals surface area (Å²) in [5.74, 6) is 0.822. The van der Waals surface area contributed by atoms with Crippen LogP contribution < -0.4 is 20.1 Å². The van der Waals surface area contributed by atoms with Gasteiger partial charge in [0.15, 0.2) is 0 Å². The number of nitrogens with one attached hydrogen (secondary N) is 2. The topological polar surface area (TPSA) is 85.9 Å². The first-order valence-electron chi connectivity index (χ1n) is 9.33. The summed E-state index contributed by atoms with van der Waals surface area (Å²) in [6, 6.07) is 13.5. The lowest BCUT2D eigenvalue weighted by molar-refractivity contribution is -0.140. The molecule has 0 saturated carbocycles. The molecule has 1 heterocycles. The number of carbonyl (C=O) groups excluding carboxylic acids is 2. The molecule has 2 amide bonds. The van der Waals surface area contributed by atoms with Crippen molar-refractivity contribution in [2.75, 3.05) is 13.7 Å². The Labute approximate surface area is 169 Å². The number of amides is 2. The molecule has 1 aliphatic rings. The number of methoxy groups -OCH3 is 1. The van der Waals surface area contributed by atoms with Crippen LogP contribution in [0.2, 0.25) is 0 Å². The van der Waals surface area contributed by atoms with Crippen LogP contribution in [-0.4, -0.2) is 25.7 Å². The van der Waals surface area contributed by atoms with Crippen molar-refractivity contribution in [3.8, 4) is 11.5 Å². The molecule has 7 nitrogen and oxygen atoms in total. The van der Waals surface area contributed by atoms with Gasteiger partial charge in [-0.25, -0.2) is 9.59 Å². The van der Waals surface area contributed by atoms with Gasteiger partial charge in [-0.3, -0.25) is 0 Å². The second-order valence-electron chi connectivity index (χ2n) is 6.47. The van der Waals surface area contributed by atoms with Crippen molar-refractivity contribution in [3.63, 3.8) is 0 Å². The quantitative estimate of drug-likeness (QED) is 0.700. The van der Waals surface area contributed by atoms with Crippen molar-refractivity contribution >= 4 is 12.0 Å². The zero-order valence-electron chi connectivity index (χ0n) is 16.7. The maximum Gasteiger partial charge on any atom is 0.338 e.